The second-order valence-corrected chi connectivity index (χ2v) is 8.54. The van der Waals surface area contributed by atoms with Crippen molar-refractivity contribution < 1.29 is 9.18 Å². The number of aromatic nitrogens is 6. The fourth-order valence-electron chi connectivity index (χ4n) is 4.23. The van der Waals surface area contributed by atoms with Gasteiger partial charge in [-0.2, -0.15) is 5.10 Å². The van der Waals surface area contributed by atoms with E-state index in [0.29, 0.717) is 43.7 Å². The van der Waals surface area contributed by atoms with Gasteiger partial charge in [0.1, 0.15) is 30.1 Å². The number of benzene rings is 1. The summed E-state index contributed by atoms with van der Waals surface area (Å²) < 4.78 is 16.3. The molecule has 184 valence electrons. The van der Waals surface area contributed by atoms with Crippen LogP contribution in [0.15, 0.2) is 72.3 Å². The van der Waals surface area contributed by atoms with Crippen LogP contribution in [-0.4, -0.2) is 54.8 Å². The number of nitrogens with one attached hydrogen (secondary N) is 1. The third kappa shape index (κ3) is 5.29. The van der Waals surface area contributed by atoms with Crippen molar-refractivity contribution in [3.63, 3.8) is 0 Å². The van der Waals surface area contributed by atoms with E-state index in [1.807, 2.05) is 16.8 Å². The molecule has 4 heterocycles. The van der Waals surface area contributed by atoms with Crippen LogP contribution in [0.4, 0.5) is 10.2 Å². The number of imidazole rings is 1. The van der Waals surface area contributed by atoms with Crippen molar-refractivity contribution in [2.45, 2.75) is 19.4 Å². The highest BCUT2D eigenvalue weighted by Gasteiger charge is 2.25. The number of rotatable bonds is 7. The quantitative estimate of drug-likeness (QED) is 0.424. The summed E-state index contributed by atoms with van der Waals surface area (Å²) in [5.41, 5.74) is 1.01. The zero-order chi connectivity index (χ0) is 24.9. The monoisotopic (exact) mass is 488 g/mol. The molecule has 1 aromatic carbocycles. The van der Waals surface area contributed by atoms with Gasteiger partial charge >= 0.3 is 0 Å². The first-order valence-corrected chi connectivity index (χ1v) is 11.7. The summed E-state index contributed by atoms with van der Waals surface area (Å²) in [7, 11) is 0. The Labute approximate surface area is 206 Å². The lowest BCUT2D eigenvalue weighted by Gasteiger charge is -2.32. The van der Waals surface area contributed by atoms with Crippen LogP contribution in [0.2, 0.25) is 0 Å². The van der Waals surface area contributed by atoms with Crippen LogP contribution in [0.5, 0.6) is 0 Å². The molecule has 1 amide bonds. The van der Waals surface area contributed by atoms with Gasteiger partial charge in [-0.25, -0.2) is 24.0 Å². The fraction of sp³-hybridized carbons (Fsp3) is 0.280. The summed E-state index contributed by atoms with van der Waals surface area (Å²) in [5.74, 6) is 1.09. The number of piperidine rings is 1. The van der Waals surface area contributed by atoms with Gasteiger partial charge in [-0.05, 0) is 43.2 Å². The molecule has 0 saturated carbocycles. The van der Waals surface area contributed by atoms with E-state index in [4.69, 9.17) is 0 Å². The second-order valence-electron chi connectivity index (χ2n) is 8.54. The Balaban J connectivity index is 1.13. The lowest BCUT2D eigenvalue weighted by Crippen LogP contribution is -2.42. The number of carbonyl (C=O) groups is 1. The van der Waals surface area contributed by atoms with Crippen LogP contribution < -0.4 is 15.8 Å². The third-order valence-corrected chi connectivity index (χ3v) is 6.23. The van der Waals surface area contributed by atoms with Crippen molar-refractivity contribution in [3.05, 3.63) is 83.7 Å². The first-order chi connectivity index (χ1) is 17.6. The molecule has 1 aliphatic heterocycles. The molecule has 3 aromatic heterocycles. The molecule has 1 aliphatic rings. The highest BCUT2D eigenvalue weighted by atomic mass is 19.1. The van der Waals surface area contributed by atoms with E-state index in [1.54, 1.807) is 30.7 Å². The molecule has 1 saturated heterocycles. The van der Waals surface area contributed by atoms with Crippen molar-refractivity contribution in [2.24, 2.45) is 5.92 Å². The smallest absolute Gasteiger partial charge is 0.266 e. The van der Waals surface area contributed by atoms with Gasteiger partial charge in [0.15, 0.2) is 0 Å². The van der Waals surface area contributed by atoms with Gasteiger partial charge in [0.2, 0.25) is 5.91 Å². The molecular formula is C25H25FN8O2. The maximum atomic E-state index is 13.2. The molecule has 5 rings (SSSR count). The minimum Gasteiger partial charge on any atom is -0.356 e. The maximum Gasteiger partial charge on any atom is 0.266 e. The largest absolute Gasteiger partial charge is 0.356 e. The standard InChI is InChI=1S/C25H25FN8O2/c26-20-3-1-18(2-4-20)21-5-6-24(35)34(31-21)14-10-28-25(36)19-7-11-32(12-8-19)22-15-23(30-16-29-22)33-13-9-27-17-33/h1-6,9,13,15-17,19H,7-8,10-12,14H2,(H,28,36). The van der Waals surface area contributed by atoms with Crippen molar-refractivity contribution in [1.82, 2.24) is 34.6 Å². The number of hydrogen-bond donors (Lipinski definition) is 1. The van der Waals surface area contributed by atoms with E-state index in [2.05, 4.69) is 30.3 Å². The van der Waals surface area contributed by atoms with Gasteiger partial charge in [0.25, 0.3) is 5.56 Å². The number of hydrogen-bond acceptors (Lipinski definition) is 7. The topological polar surface area (TPSA) is 111 Å². The Hall–Kier alpha value is -4.41. The van der Waals surface area contributed by atoms with Gasteiger partial charge < -0.3 is 10.2 Å². The molecule has 0 spiro atoms. The Bertz CT molecular complexity index is 1380. The van der Waals surface area contributed by atoms with Gasteiger partial charge in [-0.15, -0.1) is 0 Å². The predicted molar refractivity (Wildman–Crippen MR) is 131 cm³/mol. The van der Waals surface area contributed by atoms with Crippen LogP contribution in [0, 0.1) is 11.7 Å². The lowest BCUT2D eigenvalue weighted by molar-refractivity contribution is -0.125. The molecule has 36 heavy (non-hydrogen) atoms. The normalized spacial score (nSPS) is 14.1. The summed E-state index contributed by atoms with van der Waals surface area (Å²) in [6.07, 6.45) is 8.14. The van der Waals surface area contributed by atoms with Crippen LogP contribution in [0.3, 0.4) is 0 Å². The van der Waals surface area contributed by atoms with E-state index in [-0.39, 0.29) is 29.7 Å². The van der Waals surface area contributed by atoms with Crippen LogP contribution in [-0.2, 0) is 11.3 Å². The zero-order valence-electron chi connectivity index (χ0n) is 19.5. The SMILES string of the molecule is O=C(NCCn1nc(-c2ccc(F)cc2)ccc1=O)C1CCN(c2cc(-n3ccnc3)ncn2)CC1. The average Bonchev–Trinajstić information content (AvgIpc) is 3.46. The van der Waals surface area contributed by atoms with E-state index in [9.17, 15) is 14.0 Å². The summed E-state index contributed by atoms with van der Waals surface area (Å²) in [6, 6.07) is 10.9. The third-order valence-electron chi connectivity index (χ3n) is 6.23. The lowest BCUT2D eigenvalue weighted by atomic mass is 9.96. The number of halogens is 1. The summed E-state index contributed by atoms with van der Waals surface area (Å²) in [4.78, 5) is 39.8. The van der Waals surface area contributed by atoms with Crippen molar-refractivity contribution in [1.29, 1.82) is 0 Å². The minimum absolute atomic E-state index is 0.0285. The van der Waals surface area contributed by atoms with E-state index < -0.39 is 0 Å². The van der Waals surface area contributed by atoms with Crippen molar-refractivity contribution in [2.75, 3.05) is 24.5 Å². The van der Waals surface area contributed by atoms with Gasteiger partial charge in [0, 0.05) is 55.6 Å². The summed E-state index contributed by atoms with van der Waals surface area (Å²) in [6.45, 7) is 1.95. The summed E-state index contributed by atoms with van der Waals surface area (Å²) in [5, 5.41) is 7.29. The van der Waals surface area contributed by atoms with E-state index >= 15 is 0 Å². The molecule has 0 aliphatic carbocycles. The maximum absolute atomic E-state index is 13.2. The van der Waals surface area contributed by atoms with Crippen molar-refractivity contribution in [3.8, 4) is 17.1 Å². The molecule has 1 N–H and O–H groups in total. The first kappa shape index (κ1) is 23.3. The van der Waals surface area contributed by atoms with E-state index in [1.165, 1.54) is 29.2 Å². The number of anilines is 1. The van der Waals surface area contributed by atoms with Crippen molar-refractivity contribution >= 4 is 11.7 Å². The van der Waals surface area contributed by atoms with Gasteiger partial charge in [0.05, 0.1) is 12.2 Å². The summed E-state index contributed by atoms with van der Waals surface area (Å²) >= 11 is 0. The average molecular weight is 489 g/mol. The Morgan fingerprint density at radius 1 is 1.06 bits per heavy atom. The second kappa shape index (κ2) is 10.5. The Kier molecular flexibility index (Phi) is 6.78. The number of nitrogens with zero attached hydrogens (tertiary/aromatic N) is 7. The Morgan fingerprint density at radius 2 is 1.83 bits per heavy atom. The highest BCUT2D eigenvalue weighted by Crippen LogP contribution is 2.23. The molecular weight excluding hydrogens is 463 g/mol. The first-order valence-electron chi connectivity index (χ1n) is 11.7. The van der Waals surface area contributed by atoms with Crippen LogP contribution in [0.25, 0.3) is 17.1 Å². The van der Waals surface area contributed by atoms with Crippen LogP contribution >= 0.6 is 0 Å². The molecule has 0 atom stereocenters. The number of amides is 1. The highest BCUT2D eigenvalue weighted by molar-refractivity contribution is 5.78. The van der Waals surface area contributed by atoms with E-state index in [0.717, 1.165) is 11.6 Å². The molecule has 0 unspecified atom stereocenters. The molecule has 10 nitrogen and oxygen atoms in total. The van der Waals surface area contributed by atoms with Crippen LogP contribution in [0.1, 0.15) is 12.8 Å². The van der Waals surface area contributed by atoms with Gasteiger partial charge in [-0.3, -0.25) is 14.2 Å². The molecule has 11 heteroatoms. The Morgan fingerprint density at radius 3 is 2.58 bits per heavy atom. The number of carbonyl (C=O) groups excluding carboxylic acids is 1. The molecule has 1 fully saturated rings. The van der Waals surface area contributed by atoms with Gasteiger partial charge in [-0.1, -0.05) is 0 Å². The minimum atomic E-state index is -0.336. The predicted octanol–water partition coefficient (Wildman–Crippen LogP) is 2.06. The fourth-order valence-corrected chi connectivity index (χ4v) is 4.23. The molecule has 0 bridgehead atoms. The zero-order valence-corrected chi connectivity index (χ0v) is 19.5. The molecule has 0 radical (unpaired) electrons. The molecule has 4 aromatic rings.